The van der Waals surface area contributed by atoms with Crippen molar-refractivity contribution >= 4 is 0 Å². The van der Waals surface area contributed by atoms with Gasteiger partial charge in [-0.1, -0.05) is 37.6 Å². The summed E-state index contributed by atoms with van der Waals surface area (Å²) in [5, 5.41) is 0. The van der Waals surface area contributed by atoms with Gasteiger partial charge in [-0.3, -0.25) is 0 Å². The van der Waals surface area contributed by atoms with Crippen molar-refractivity contribution < 1.29 is 9.47 Å². The van der Waals surface area contributed by atoms with Crippen LogP contribution in [0.1, 0.15) is 32.3 Å². The van der Waals surface area contributed by atoms with Gasteiger partial charge in [0.1, 0.15) is 5.75 Å². The van der Waals surface area contributed by atoms with Gasteiger partial charge in [-0.05, 0) is 48.8 Å². The monoisotopic (exact) mass is 274 g/mol. The van der Waals surface area contributed by atoms with E-state index in [0.29, 0.717) is 11.8 Å². The summed E-state index contributed by atoms with van der Waals surface area (Å²) in [5.41, 5.74) is 2.80. The minimum atomic E-state index is 0.268. The van der Waals surface area contributed by atoms with Gasteiger partial charge in [0, 0.05) is 7.11 Å². The van der Waals surface area contributed by atoms with Gasteiger partial charge < -0.3 is 9.47 Å². The third-order valence-electron chi connectivity index (χ3n) is 4.31. The summed E-state index contributed by atoms with van der Waals surface area (Å²) in [6.07, 6.45) is 6.02. The molecule has 0 radical (unpaired) electrons. The maximum Gasteiger partial charge on any atom is 0.119 e. The Hall–Kier alpha value is -1.28. The molecule has 0 spiro atoms. The number of methoxy groups -OCH3 is 2. The van der Waals surface area contributed by atoms with Crippen LogP contribution in [0.3, 0.4) is 0 Å². The molecule has 0 fully saturated rings. The van der Waals surface area contributed by atoms with Crippen molar-refractivity contribution in [3.8, 4) is 5.75 Å². The third-order valence-corrected chi connectivity index (χ3v) is 4.31. The minimum absolute atomic E-state index is 0.268. The van der Waals surface area contributed by atoms with E-state index in [9.17, 15) is 0 Å². The molecule has 1 aliphatic carbocycles. The molecule has 110 valence electrons. The Morgan fingerprint density at radius 2 is 2.05 bits per heavy atom. The van der Waals surface area contributed by atoms with Crippen LogP contribution >= 0.6 is 0 Å². The number of ether oxygens (including phenoxy) is 2. The predicted molar refractivity (Wildman–Crippen MR) is 83.1 cm³/mol. The van der Waals surface area contributed by atoms with Crippen LogP contribution in [-0.4, -0.2) is 20.3 Å². The van der Waals surface area contributed by atoms with E-state index in [1.165, 1.54) is 24.0 Å². The standard InChI is InChI=1S/C18H26O2/c1-13(2)17-9-8-15(12-18(17)20-4)10-14-6-5-7-16(11-14)19-3/h5-7,11-13,17-18H,8-10H2,1-4H3. The highest BCUT2D eigenvalue weighted by Crippen LogP contribution is 2.32. The van der Waals surface area contributed by atoms with Crippen molar-refractivity contribution in [1.82, 2.24) is 0 Å². The molecule has 1 aromatic rings. The lowest BCUT2D eigenvalue weighted by Crippen LogP contribution is -2.29. The van der Waals surface area contributed by atoms with E-state index in [4.69, 9.17) is 9.47 Å². The summed E-state index contributed by atoms with van der Waals surface area (Å²) in [6.45, 7) is 4.58. The highest BCUT2D eigenvalue weighted by atomic mass is 16.5. The second-order valence-corrected chi connectivity index (χ2v) is 6.00. The average molecular weight is 274 g/mol. The lowest BCUT2D eigenvalue weighted by Gasteiger charge is -2.32. The SMILES string of the molecule is COc1cccc(CC2=CC(OC)C(C(C)C)CC2)c1. The quantitative estimate of drug-likeness (QED) is 0.747. The summed E-state index contributed by atoms with van der Waals surface area (Å²) >= 11 is 0. The summed E-state index contributed by atoms with van der Waals surface area (Å²) in [6, 6.07) is 8.34. The first-order valence-electron chi connectivity index (χ1n) is 7.49. The number of allylic oxidation sites excluding steroid dienone is 1. The molecule has 2 rings (SSSR count). The first-order valence-corrected chi connectivity index (χ1v) is 7.49. The van der Waals surface area contributed by atoms with Gasteiger partial charge in [0.2, 0.25) is 0 Å². The summed E-state index contributed by atoms with van der Waals surface area (Å²) in [5.74, 6) is 2.26. The van der Waals surface area contributed by atoms with Gasteiger partial charge in [-0.25, -0.2) is 0 Å². The van der Waals surface area contributed by atoms with Crippen LogP contribution < -0.4 is 4.74 Å². The Balaban J connectivity index is 2.09. The van der Waals surface area contributed by atoms with Gasteiger partial charge in [0.25, 0.3) is 0 Å². The topological polar surface area (TPSA) is 18.5 Å². The normalized spacial score (nSPS) is 22.8. The predicted octanol–water partition coefficient (Wildman–Crippen LogP) is 4.25. The number of hydrogen-bond acceptors (Lipinski definition) is 2. The van der Waals surface area contributed by atoms with Crippen LogP contribution in [0, 0.1) is 11.8 Å². The molecule has 2 heteroatoms. The van der Waals surface area contributed by atoms with E-state index in [0.717, 1.165) is 12.2 Å². The fourth-order valence-electron chi connectivity index (χ4n) is 3.10. The van der Waals surface area contributed by atoms with Gasteiger partial charge in [0.15, 0.2) is 0 Å². The maximum absolute atomic E-state index is 5.68. The Kier molecular flexibility index (Phi) is 5.24. The molecule has 0 saturated carbocycles. The van der Waals surface area contributed by atoms with Crippen molar-refractivity contribution in [2.45, 2.75) is 39.2 Å². The first kappa shape index (κ1) is 15.1. The van der Waals surface area contributed by atoms with E-state index in [1.54, 1.807) is 7.11 Å². The molecule has 0 bridgehead atoms. The number of hydrogen-bond donors (Lipinski definition) is 0. The van der Waals surface area contributed by atoms with Crippen LogP contribution in [0.15, 0.2) is 35.9 Å². The van der Waals surface area contributed by atoms with Gasteiger partial charge in [-0.15, -0.1) is 0 Å². The van der Waals surface area contributed by atoms with Crippen molar-refractivity contribution in [3.63, 3.8) is 0 Å². The first-order chi connectivity index (χ1) is 9.63. The average Bonchev–Trinajstić information content (AvgIpc) is 2.47. The fraction of sp³-hybridized carbons (Fsp3) is 0.556. The second-order valence-electron chi connectivity index (χ2n) is 6.00. The molecule has 20 heavy (non-hydrogen) atoms. The van der Waals surface area contributed by atoms with Crippen molar-refractivity contribution in [2.24, 2.45) is 11.8 Å². The number of rotatable bonds is 5. The Bertz CT molecular complexity index is 462. The van der Waals surface area contributed by atoms with Crippen molar-refractivity contribution in [2.75, 3.05) is 14.2 Å². The zero-order chi connectivity index (χ0) is 14.5. The van der Waals surface area contributed by atoms with E-state index in [2.05, 4.69) is 38.1 Å². The van der Waals surface area contributed by atoms with Crippen LogP contribution in [0.5, 0.6) is 5.75 Å². The lowest BCUT2D eigenvalue weighted by molar-refractivity contribution is 0.0581. The Morgan fingerprint density at radius 1 is 1.25 bits per heavy atom. The molecule has 2 atom stereocenters. The fourth-order valence-corrected chi connectivity index (χ4v) is 3.10. The molecule has 0 amide bonds. The lowest BCUT2D eigenvalue weighted by atomic mass is 9.79. The third kappa shape index (κ3) is 3.63. The molecule has 0 N–H and O–H groups in total. The maximum atomic E-state index is 5.68. The molecular weight excluding hydrogens is 248 g/mol. The highest BCUT2D eigenvalue weighted by Gasteiger charge is 2.26. The summed E-state index contributed by atoms with van der Waals surface area (Å²) < 4.78 is 11.0. The molecule has 2 unspecified atom stereocenters. The van der Waals surface area contributed by atoms with Crippen LogP contribution in [-0.2, 0) is 11.2 Å². The van der Waals surface area contributed by atoms with Gasteiger partial charge >= 0.3 is 0 Å². The number of benzene rings is 1. The summed E-state index contributed by atoms with van der Waals surface area (Å²) in [7, 11) is 3.54. The van der Waals surface area contributed by atoms with Crippen LogP contribution in [0.4, 0.5) is 0 Å². The molecule has 0 heterocycles. The summed E-state index contributed by atoms with van der Waals surface area (Å²) in [4.78, 5) is 0. The van der Waals surface area contributed by atoms with Crippen molar-refractivity contribution in [3.05, 3.63) is 41.5 Å². The smallest absolute Gasteiger partial charge is 0.119 e. The Labute approximate surface area is 122 Å². The second kappa shape index (κ2) is 6.94. The molecule has 0 saturated heterocycles. The molecule has 0 aromatic heterocycles. The molecule has 1 aliphatic rings. The molecule has 0 aliphatic heterocycles. The Morgan fingerprint density at radius 3 is 2.70 bits per heavy atom. The zero-order valence-electron chi connectivity index (χ0n) is 13.1. The van der Waals surface area contributed by atoms with E-state index in [-0.39, 0.29) is 6.10 Å². The van der Waals surface area contributed by atoms with Crippen LogP contribution in [0.25, 0.3) is 0 Å². The van der Waals surface area contributed by atoms with Gasteiger partial charge in [0.05, 0.1) is 13.2 Å². The van der Waals surface area contributed by atoms with E-state index in [1.807, 2.05) is 13.2 Å². The van der Waals surface area contributed by atoms with E-state index >= 15 is 0 Å². The largest absolute Gasteiger partial charge is 0.497 e. The van der Waals surface area contributed by atoms with E-state index < -0.39 is 0 Å². The molecule has 2 nitrogen and oxygen atoms in total. The van der Waals surface area contributed by atoms with Gasteiger partial charge in [-0.2, -0.15) is 0 Å². The molecule has 1 aromatic carbocycles. The minimum Gasteiger partial charge on any atom is -0.497 e. The van der Waals surface area contributed by atoms with Crippen LogP contribution in [0.2, 0.25) is 0 Å². The van der Waals surface area contributed by atoms with Crippen molar-refractivity contribution in [1.29, 1.82) is 0 Å². The molecular formula is C18H26O2. The zero-order valence-corrected chi connectivity index (χ0v) is 13.1. The highest BCUT2D eigenvalue weighted by molar-refractivity contribution is 5.32.